The van der Waals surface area contributed by atoms with Crippen molar-refractivity contribution >= 4 is 35.0 Å². The van der Waals surface area contributed by atoms with Crippen LogP contribution < -0.4 is 9.47 Å². The van der Waals surface area contributed by atoms with Gasteiger partial charge in [0.1, 0.15) is 6.61 Å². The van der Waals surface area contributed by atoms with E-state index >= 15 is 0 Å². The molecule has 0 bridgehead atoms. The number of halogens is 1. The predicted molar refractivity (Wildman–Crippen MR) is 88.0 cm³/mol. The van der Waals surface area contributed by atoms with Crippen molar-refractivity contribution < 1.29 is 19.0 Å². The number of aromatic nitrogens is 1. The van der Waals surface area contributed by atoms with Gasteiger partial charge in [0, 0.05) is 6.08 Å². The summed E-state index contributed by atoms with van der Waals surface area (Å²) in [4.78, 5) is 17.1. The number of aryl methyl sites for hydroxylation is 2. The zero-order chi connectivity index (χ0) is 16.4. The van der Waals surface area contributed by atoms with E-state index in [-0.39, 0.29) is 13.4 Å². The quantitative estimate of drug-likeness (QED) is 0.617. The van der Waals surface area contributed by atoms with Crippen molar-refractivity contribution in [3.05, 3.63) is 44.4 Å². The van der Waals surface area contributed by atoms with Crippen LogP contribution in [0.3, 0.4) is 0 Å². The zero-order valence-electron chi connectivity index (χ0n) is 12.6. The van der Waals surface area contributed by atoms with E-state index in [1.807, 2.05) is 13.8 Å². The molecule has 0 amide bonds. The highest BCUT2D eigenvalue weighted by Crippen LogP contribution is 2.40. The van der Waals surface area contributed by atoms with E-state index < -0.39 is 5.97 Å². The van der Waals surface area contributed by atoms with Gasteiger partial charge in [0.25, 0.3) is 0 Å². The van der Waals surface area contributed by atoms with E-state index in [1.165, 1.54) is 17.4 Å². The molecule has 23 heavy (non-hydrogen) atoms. The standard InChI is InChI=1S/C16H14ClNO4S/c1-9-14(23-10(2)18-9)7-20-15(19)4-3-11-5-12(17)16-13(6-11)21-8-22-16/h3-6H,7-8H2,1-2H3. The molecule has 5 nitrogen and oxygen atoms in total. The van der Waals surface area contributed by atoms with E-state index in [9.17, 15) is 4.79 Å². The van der Waals surface area contributed by atoms with Crippen LogP contribution in [0.4, 0.5) is 0 Å². The first-order valence-electron chi connectivity index (χ1n) is 6.90. The summed E-state index contributed by atoms with van der Waals surface area (Å²) in [7, 11) is 0. The van der Waals surface area contributed by atoms with E-state index in [0.29, 0.717) is 16.5 Å². The Labute approximate surface area is 142 Å². The molecule has 1 aromatic heterocycles. The second kappa shape index (κ2) is 6.60. The molecule has 2 aromatic rings. The Bertz CT molecular complexity index is 785. The number of hydrogen-bond acceptors (Lipinski definition) is 6. The lowest BCUT2D eigenvalue weighted by molar-refractivity contribution is -0.138. The molecule has 0 N–H and O–H groups in total. The van der Waals surface area contributed by atoms with Gasteiger partial charge >= 0.3 is 5.97 Å². The summed E-state index contributed by atoms with van der Waals surface area (Å²) in [5, 5.41) is 1.41. The molecule has 7 heteroatoms. The van der Waals surface area contributed by atoms with Crippen LogP contribution in [-0.2, 0) is 16.1 Å². The van der Waals surface area contributed by atoms with Crippen molar-refractivity contribution in [1.29, 1.82) is 0 Å². The highest BCUT2D eigenvalue weighted by atomic mass is 35.5. The van der Waals surface area contributed by atoms with Crippen LogP contribution in [0, 0.1) is 13.8 Å². The molecule has 3 rings (SSSR count). The number of thiazole rings is 1. The van der Waals surface area contributed by atoms with E-state index in [2.05, 4.69) is 4.98 Å². The number of hydrogen-bond donors (Lipinski definition) is 0. The fourth-order valence-electron chi connectivity index (χ4n) is 2.14. The smallest absolute Gasteiger partial charge is 0.331 e. The van der Waals surface area contributed by atoms with Crippen LogP contribution in [0.15, 0.2) is 18.2 Å². The monoisotopic (exact) mass is 351 g/mol. The molecule has 0 spiro atoms. The van der Waals surface area contributed by atoms with Gasteiger partial charge in [-0.05, 0) is 37.6 Å². The molecule has 0 unspecified atom stereocenters. The Balaban J connectivity index is 1.62. The summed E-state index contributed by atoms with van der Waals surface area (Å²) in [5.74, 6) is 0.674. The third kappa shape index (κ3) is 3.65. The first-order valence-corrected chi connectivity index (χ1v) is 8.09. The maximum Gasteiger partial charge on any atom is 0.331 e. The SMILES string of the molecule is Cc1nc(C)c(COC(=O)C=Cc2cc(Cl)c3c(c2)OCO3)s1. The van der Waals surface area contributed by atoms with Gasteiger partial charge < -0.3 is 14.2 Å². The summed E-state index contributed by atoms with van der Waals surface area (Å²) in [6, 6.07) is 3.46. The summed E-state index contributed by atoms with van der Waals surface area (Å²) < 4.78 is 15.7. The molecule has 0 saturated carbocycles. The predicted octanol–water partition coefficient (Wildman–Crippen LogP) is 3.90. The third-order valence-corrected chi connectivity index (χ3v) is 4.53. The van der Waals surface area contributed by atoms with Crippen LogP contribution >= 0.6 is 22.9 Å². The van der Waals surface area contributed by atoms with Crippen molar-refractivity contribution in [3.63, 3.8) is 0 Å². The molecular weight excluding hydrogens is 338 g/mol. The number of carbonyl (C=O) groups excluding carboxylic acids is 1. The lowest BCUT2D eigenvalue weighted by Crippen LogP contribution is -2.00. The number of fused-ring (bicyclic) bond motifs is 1. The van der Waals surface area contributed by atoms with Gasteiger partial charge in [-0.3, -0.25) is 0 Å². The Hall–Kier alpha value is -2.05. The van der Waals surface area contributed by atoms with Crippen LogP contribution in [0.5, 0.6) is 11.5 Å². The van der Waals surface area contributed by atoms with Gasteiger partial charge in [-0.1, -0.05) is 11.6 Å². The maximum absolute atomic E-state index is 11.8. The molecule has 1 aromatic carbocycles. The molecule has 0 aliphatic carbocycles. The number of ether oxygens (including phenoxy) is 3. The number of nitrogens with zero attached hydrogens (tertiary/aromatic N) is 1. The number of benzene rings is 1. The van der Waals surface area contributed by atoms with Crippen LogP contribution in [0.2, 0.25) is 5.02 Å². The minimum atomic E-state index is -0.427. The second-order valence-electron chi connectivity index (χ2n) is 4.92. The first kappa shape index (κ1) is 15.8. The highest BCUT2D eigenvalue weighted by Gasteiger charge is 2.17. The Morgan fingerprint density at radius 3 is 3.00 bits per heavy atom. The minimum absolute atomic E-state index is 0.151. The van der Waals surface area contributed by atoms with Gasteiger partial charge in [0.05, 0.1) is 20.6 Å². The highest BCUT2D eigenvalue weighted by molar-refractivity contribution is 7.11. The van der Waals surface area contributed by atoms with E-state index in [1.54, 1.807) is 18.2 Å². The summed E-state index contributed by atoms with van der Waals surface area (Å²) in [5.41, 5.74) is 1.63. The normalized spacial score (nSPS) is 12.8. The summed E-state index contributed by atoms with van der Waals surface area (Å²) in [6.07, 6.45) is 2.98. The lowest BCUT2D eigenvalue weighted by Gasteiger charge is -2.02. The fraction of sp³-hybridized carbons (Fsp3) is 0.250. The molecular formula is C16H14ClNO4S. The van der Waals surface area contributed by atoms with Crippen LogP contribution in [0.25, 0.3) is 6.08 Å². The third-order valence-electron chi connectivity index (χ3n) is 3.21. The largest absolute Gasteiger partial charge is 0.457 e. The van der Waals surface area contributed by atoms with Crippen molar-refractivity contribution in [2.45, 2.75) is 20.5 Å². The van der Waals surface area contributed by atoms with Gasteiger partial charge in [0.2, 0.25) is 6.79 Å². The van der Waals surface area contributed by atoms with E-state index in [4.69, 9.17) is 25.8 Å². The first-order chi connectivity index (χ1) is 11.0. The minimum Gasteiger partial charge on any atom is -0.457 e. The van der Waals surface area contributed by atoms with Crippen LogP contribution in [-0.4, -0.2) is 17.7 Å². The maximum atomic E-state index is 11.8. The van der Waals surface area contributed by atoms with Gasteiger partial charge in [-0.2, -0.15) is 0 Å². The van der Waals surface area contributed by atoms with Crippen molar-refractivity contribution in [2.75, 3.05) is 6.79 Å². The summed E-state index contributed by atoms with van der Waals surface area (Å²) >= 11 is 7.62. The van der Waals surface area contributed by atoms with Crippen molar-refractivity contribution in [3.8, 4) is 11.5 Å². The molecule has 2 heterocycles. The molecule has 0 radical (unpaired) electrons. The average Bonchev–Trinajstić information content (AvgIpc) is 3.09. The Morgan fingerprint density at radius 1 is 1.43 bits per heavy atom. The number of esters is 1. The lowest BCUT2D eigenvalue weighted by atomic mass is 10.2. The molecule has 1 aliphatic rings. The van der Waals surface area contributed by atoms with Gasteiger partial charge in [-0.25, -0.2) is 9.78 Å². The molecule has 0 saturated heterocycles. The fourth-order valence-corrected chi connectivity index (χ4v) is 3.26. The Kier molecular flexibility index (Phi) is 4.54. The van der Waals surface area contributed by atoms with E-state index in [0.717, 1.165) is 21.1 Å². The topological polar surface area (TPSA) is 57.7 Å². The number of rotatable bonds is 4. The van der Waals surface area contributed by atoms with Crippen molar-refractivity contribution in [2.24, 2.45) is 0 Å². The van der Waals surface area contributed by atoms with Crippen LogP contribution in [0.1, 0.15) is 21.1 Å². The molecule has 1 aliphatic heterocycles. The number of carbonyl (C=O) groups is 1. The second-order valence-corrected chi connectivity index (χ2v) is 6.61. The molecule has 0 atom stereocenters. The Morgan fingerprint density at radius 2 is 2.26 bits per heavy atom. The average molecular weight is 352 g/mol. The molecule has 0 fully saturated rings. The van der Waals surface area contributed by atoms with Gasteiger partial charge in [0.15, 0.2) is 11.5 Å². The summed E-state index contributed by atoms with van der Waals surface area (Å²) in [6.45, 7) is 4.20. The van der Waals surface area contributed by atoms with Crippen molar-refractivity contribution in [1.82, 2.24) is 4.98 Å². The molecule has 120 valence electrons. The van der Waals surface area contributed by atoms with Gasteiger partial charge in [-0.15, -0.1) is 11.3 Å². The zero-order valence-corrected chi connectivity index (χ0v) is 14.2.